The van der Waals surface area contributed by atoms with Crippen LogP contribution in [0.3, 0.4) is 0 Å². The van der Waals surface area contributed by atoms with Crippen LogP contribution >= 0.6 is 0 Å². The predicted molar refractivity (Wildman–Crippen MR) is 80.8 cm³/mol. The molecule has 0 aliphatic heterocycles. The van der Waals surface area contributed by atoms with E-state index in [0.29, 0.717) is 17.4 Å². The van der Waals surface area contributed by atoms with Gasteiger partial charge in [-0.15, -0.1) is 0 Å². The Kier molecular flexibility index (Phi) is 5.18. The molecule has 5 heteroatoms. The molecule has 0 aromatic heterocycles. The molecular weight excluding hydrogens is 272 g/mol. The molecule has 1 fully saturated rings. The minimum atomic E-state index is -3.42. The molecule has 0 radical (unpaired) electrons. The van der Waals surface area contributed by atoms with Gasteiger partial charge < -0.3 is 5.73 Å². The summed E-state index contributed by atoms with van der Waals surface area (Å²) in [5, 5.41) is 0. The number of nitrogens with one attached hydrogen (secondary N) is 1. The molecule has 1 unspecified atom stereocenters. The highest BCUT2D eigenvalue weighted by molar-refractivity contribution is 7.89. The largest absolute Gasteiger partial charge is 0.324 e. The molecular formula is C15H24N2O2S. The van der Waals surface area contributed by atoms with Crippen LogP contribution in [0, 0.1) is 5.92 Å². The maximum Gasteiger partial charge on any atom is 0.240 e. The number of sulfonamides is 1. The lowest BCUT2D eigenvalue weighted by Crippen LogP contribution is -2.30. The van der Waals surface area contributed by atoms with Crippen molar-refractivity contribution in [2.24, 2.45) is 11.7 Å². The first-order valence-corrected chi connectivity index (χ1v) is 8.82. The SMILES string of the molecule is CC(N)c1cccc(S(=O)(=O)NCC2CCCCC2)c1. The molecule has 1 aliphatic carbocycles. The standard InChI is InChI=1S/C15H24N2O2S/c1-12(16)14-8-5-9-15(10-14)20(18,19)17-11-13-6-3-2-4-7-13/h5,8-10,12-13,17H,2-4,6-7,11,16H2,1H3. The van der Waals surface area contributed by atoms with E-state index in [4.69, 9.17) is 5.73 Å². The van der Waals surface area contributed by atoms with Gasteiger partial charge in [0.1, 0.15) is 0 Å². The Bertz CT molecular complexity index is 535. The van der Waals surface area contributed by atoms with Crippen molar-refractivity contribution in [3.63, 3.8) is 0 Å². The summed E-state index contributed by atoms with van der Waals surface area (Å²) in [6.07, 6.45) is 5.96. The van der Waals surface area contributed by atoms with Crippen LogP contribution in [0.25, 0.3) is 0 Å². The highest BCUT2D eigenvalue weighted by Gasteiger charge is 2.19. The molecule has 112 valence electrons. The zero-order chi connectivity index (χ0) is 14.6. The minimum absolute atomic E-state index is 0.163. The third kappa shape index (κ3) is 4.04. The van der Waals surface area contributed by atoms with E-state index in [1.807, 2.05) is 13.0 Å². The molecule has 0 spiro atoms. The van der Waals surface area contributed by atoms with Gasteiger partial charge in [0.15, 0.2) is 0 Å². The smallest absolute Gasteiger partial charge is 0.240 e. The highest BCUT2D eigenvalue weighted by atomic mass is 32.2. The van der Waals surface area contributed by atoms with Gasteiger partial charge in [0.2, 0.25) is 10.0 Å². The molecule has 0 amide bonds. The second-order valence-electron chi connectivity index (χ2n) is 5.72. The van der Waals surface area contributed by atoms with E-state index in [1.54, 1.807) is 18.2 Å². The Morgan fingerprint density at radius 3 is 2.65 bits per heavy atom. The lowest BCUT2D eigenvalue weighted by Gasteiger charge is -2.21. The lowest BCUT2D eigenvalue weighted by molar-refractivity contribution is 0.357. The lowest BCUT2D eigenvalue weighted by atomic mass is 9.90. The molecule has 0 bridgehead atoms. The van der Waals surface area contributed by atoms with Gasteiger partial charge in [0.05, 0.1) is 4.90 Å². The van der Waals surface area contributed by atoms with Gasteiger partial charge in [-0.3, -0.25) is 0 Å². The molecule has 0 saturated heterocycles. The first kappa shape index (κ1) is 15.5. The van der Waals surface area contributed by atoms with Crippen LogP contribution in [-0.4, -0.2) is 15.0 Å². The average Bonchev–Trinajstić information content (AvgIpc) is 2.46. The molecule has 1 saturated carbocycles. The van der Waals surface area contributed by atoms with E-state index in [-0.39, 0.29) is 6.04 Å². The quantitative estimate of drug-likeness (QED) is 0.877. The highest BCUT2D eigenvalue weighted by Crippen LogP contribution is 2.23. The van der Waals surface area contributed by atoms with Crippen molar-refractivity contribution in [1.29, 1.82) is 0 Å². The first-order valence-electron chi connectivity index (χ1n) is 7.34. The normalized spacial score (nSPS) is 18.9. The molecule has 1 atom stereocenters. The third-order valence-electron chi connectivity index (χ3n) is 3.98. The van der Waals surface area contributed by atoms with Gasteiger partial charge >= 0.3 is 0 Å². The summed E-state index contributed by atoms with van der Waals surface area (Å²) >= 11 is 0. The first-order chi connectivity index (χ1) is 9.49. The summed E-state index contributed by atoms with van der Waals surface area (Å²) in [7, 11) is -3.42. The molecule has 0 heterocycles. The summed E-state index contributed by atoms with van der Waals surface area (Å²) in [5.41, 5.74) is 6.64. The number of hydrogen-bond acceptors (Lipinski definition) is 3. The maximum absolute atomic E-state index is 12.3. The molecule has 1 aromatic carbocycles. The fourth-order valence-corrected chi connectivity index (χ4v) is 3.84. The van der Waals surface area contributed by atoms with E-state index >= 15 is 0 Å². The van der Waals surface area contributed by atoms with Crippen molar-refractivity contribution in [3.8, 4) is 0 Å². The molecule has 4 nitrogen and oxygen atoms in total. The van der Waals surface area contributed by atoms with Crippen LogP contribution in [0.15, 0.2) is 29.2 Å². The van der Waals surface area contributed by atoms with Gasteiger partial charge in [0, 0.05) is 12.6 Å². The summed E-state index contributed by atoms with van der Waals surface area (Å²) < 4.78 is 27.3. The summed E-state index contributed by atoms with van der Waals surface area (Å²) in [5.74, 6) is 0.482. The van der Waals surface area contributed by atoms with Crippen molar-refractivity contribution >= 4 is 10.0 Å². The second kappa shape index (κ2) is 6.70. The predicted octanol–water partition coefficient (Wildman–Crippen LogP) is 2.56. The van der Waals surface area contributed by atoms with Crippen molar-refractivity contribution in [3.05, 3.63) is 29.8 Å². The van der Waals surface area contributed by atoms with E-state index < -0.39 is 10.0 Å². The topological polar surface area (TPSA) is 72.2 Å². The van der Waals surface area contributed by atoms with E-state index in [2.05, 4.69) is 4.72 Å². The summed E-state index contributed by atoms with van der Waals surface area (Å²) in [6.45, 7) is 2.39. The number of rotatable bonds is 5. The van der Waals surface area contributed by atoms with Gasteiger partial charge in [-0.1, -0.05) is 31.4 Å². The molecule has 1 aliphatic rings. The third-order valence-corrected chi connectivity index (χ3v) is 5.40. The summed E-state index contributed by atoms with van der Waals surface area (Å²) in [4.78, 5) is 0.308. The van der Waals surface area contributed by atoms with Crippen molar-refractivity contribution < 1.29 is 8.42 Å². The monoisotopic (exact) mass is 296 g/mol. The summed E-state index contributed by atoms with van der Waals surface area (Å²) in [6, 6.07) is 6.71. The fraction of sp³-hybridized carbons (Fsp3) is 0.600. The Balaban J connectivity index is 2.03. The second-order valence-corrected chi connectivity index (χ2v) is 7.48. The number of nitrogens with two attached hydrogens (primary N) is 1. The van der Waals surface area contributed by atoms with Gasteiger partial charge in [-0.25, -0.2) is 13.1 Å². The average molecular weight is 296 g/mol. The van der Waals surface area contributed by atoms with Crippen LogP contribution < -0.4 is 10.5 Å². The van der Waals surface area contributed by atoms with Crippen molar-refractivity contribution in [1.82, 2.24) is 4.72 Å². The Morgan fingerprint density at radius 2 is 2.00 bits per heavy atom. The zero-order valence-corrected chi connectivity index (χ0v) is 12.8. The van der Waals surface area contributed by atoms with Gasteiger partial charge in [-0.05, 0) is 43.4 Å². The maximum atomic E-state index is 12.3. The van der Waals surface area contributed by atoms with E-state index in [0.717, 1.165) is 18.4 Å². The zero-order valence-electron chi connectivity index (χ0n) is 12.0. The fourth-order valence-electron chi connectivity index (χ4n) is 2.67. The number of hydrogen-bond donors (Lipinski definition) is 2. The minimum Gasteiger partial charge on any atom is -0.324 e. The van der Waals surface area contributed by atoms with Crippen LogP contribution in [0.4, 0.5) is 0 Å². The number of benzene rings is 1. The molecule has 20 heavy (non-hydrogen) atoms. The van der Waals surface area contributed by atoms with Crippen LogP contribution in [0.2, 0.25) is 0 Å². The van der Waals surface area contributed by atoms with Crippen LogP contribution in [0.1, 0.15) is 50.6 Å². The Labute approximate surface area is 121 Å². The molecule has 2 rings (SSSR count). The van der Waals surface area contributed by atoms with Crippen LogP contribution in [0.5, 0.6) is 0 Å². The van der Waals surface area contributed by atoms with E-state index in [9.17, 15) is 8.42 Å². The Hall–Kier alpha value is -0.910. The van der Waals surface area contributed by atoms with Crippen molar-refractivity contribution in [2.75, 3.05) is 6.54 Å². The Morgan fingerprint density at radius 1 is 1.30 bits per heavy atom. The van der Waals surface area contributed by atoms with Crippen molar-refractivity contribution in [2.45, 2.75) is 50.0 Å². The van der Waals surface area contributed by atoms with Gasteiger partial charge in [0.25, 0.3) is 0 Å². The molecule has 1 aromatic rings. The molecule has 3 N–H and O–H groups in total. The van der Waals surface area contributed by atoms with E-state index in [1.165, 1.54) is 19.3 Å². The van der Waals surface area contributed by atoms with Crippen LogP contribution in [-0.2, 0) is 10.0 Å². The van der Waals surface area contributed by atoms with Gasteiger partial charge in [-0.2, -0.15) is 0 Å².